The molecule has 0 aliphatic heterocycles. The summed E-state index contributed by atoms with van der Waals surface area (Å²) in [6, 6.07) is 3.26. The third-order valence-electron chi connectivity index (χ3n) is 3.47. The Bertz CT molecular complexity index is 624. The van der Waals surface area contributed by atoms with E-state index in [-0.39, 0.29) is 39.6 Å². The number of aliphatic hydroxyl groups is 6. The molecule has 1 aromatic carbocycles. The number of carboxylic acids is 3. The van der Waals surface area contributed by atoms with Gasteiger partial charge < -0.3 is 61.9 Å². The predicted octanol–water partition coefficient (Wildman–Crippen LogP) is -3.54. The van der Waals surface area contributed by atoms with Crippen LogP contribution in [-0.4, -0.2) is 143 Å². The van der Waals surface area contributed by atoms with Crippen LogP contribution in [0.2, 0.25) is 0 Å². The first-order valence-electron chi connectivity index (χ1n) is 10.8. The average molecular weight is 526 g/mol. The lowest BCUT2D eigenvalue weighted by molar-refractivity contribution is 0.0633. The van der Waals surface area contributed by atoms with Crippen LogP contribution in [0.3, 0.4) is 0 Å². The van der Waals surface area contributed by atoms with E-state index in [4.69, 9.17) is 46.0 Å². The molecule has 12 N–H and O–H groups in total. The highest BCUT2D eigenvalue weighted by molar-refractivity contribution is 6.09. The molecule has 0 fully saturated rings. The van der Waals surface area contributed by atoms with Crippen LogP contribution in [0.1, 0.15) is 31.1 Å². The summed E-state index contributed by atoms with van der Waals surface area (Å²) in [4.78, 5) is 32.0. The molecular formula is C21H39N3O12. The lowest BCUT2D eigenvalue weighted by atomic mass is 10.0. The second-order valence-electron chi connectivity index (χ2n) is 6.24. The van der Waals surface area contributed by atoms with Gasteiger partial charge >= 0.3 is 17.9 Å². The van der Waals surface area contributed by atoms with Gasteiger partial charge in [-0.2, -0.15) is 0 Å². The molecule has 15 heteroatoms. The van der Waals surface area contributed by atoms with Crippen LogP contribution >= 0.6 is 0 Å². The molecule has 0 saturated heterocycles. The highest BCUT2D eigenvalue weighted by Crippen LogP contribution is 2.15. The molecule has 0 aromatic heterocycles. The van der Waals surface area contributed by atoms with Crippen molar-refractivity contribution in [1.29, 1.82) is 0 Å². The van der Waals surface area contributed by atoms with Gasteiger partial charge in [-0.15, -0.1) is 0 Å². The fourth-order valence-corrected chi connectivity index (χ4v) is 1.99. The van der Waals surface area contributed by atoms with E-state index in [2.05, 4.69) is 16.0 Å². The van der Waals surface area contributed by atoms with Gasteiger partial charge in [0.05, 0.1) is 56.3 Å². The Hall–Kier alpha value is -2.73. The molecule has 0 unspecified atom stereocenters. The topological polar surface area (TPSA) is 269 Å². The van der Waals surface area contributed by atoms with E-state index in [1.807, 2.05) is 0 Å². The van der Waals surface area contributed by atoms with Gasteiger partial charge in [0.2, 0.25) is 0 Å². The number of aromatic carboxylic acids is 3. The molecular weight excluding hydrogens is 486 g/mol. The molecule has 0 saturated carbocycles. The molecule has 210 valence electrons. The zero-order valence-corrected chi connectivity index (χ0v) is 20.0. The maximum atomic E-state index is 10.7. The monoisotopic (exact) mass is 525 g/mol. The van der Waals surface area contributed by atoms with Gasteiger partial charge in [-0.05, 0) is 12.1 Å². The van der Waals surface area contributed by atoms with Crippen LogP contribution in [0.5, 0.6) is 0 Å². The standard InChI is InChI=1S/C9H6O6.3C4H11NO2/c10-7(11)4-2-1-3-5(8(12)13)6(4)9(14)15;3*6-3-1-5-2-4-7/h1-3H,(H,10,11)(H,12,13)(H,14,15);3*5-7H,1-4H2. The van der Waals surface area contributed by atoms with E-state index in [1.165, 1.54) is 6.07 Å². The van der Waals surface area contributed by atoms with E-state index in [1.54, 1.807) is 0 Å². The molecule has 0 aliphatic rings. The molecule has 0 spiro atoms. The van der Waals surface area contributed by atoms with Gasteiger partial charge in [0.1, 0.15) is 0 Å². The lowest BCUT2D eigenvalue weighted by Crippen LogP contribution is -2.21. The van der Waals surface area contributed by atoms with Gasteiger partial charge in [0, 0.05) is 39.3 Å². The zero-order valence-electron chi connectivity index (χ0n) is 20.0. The summed E-state index contributed by atoms with van der Waals surface area (Å²) in [5.74, 6) is -4.53. The summed E-state index contributed by atoms with van der Waals surface area (Å²) >= 11 is 0. The minimum atomic E-state index is -1.58. The summed E-state index contributed by atoms with van der Waals surface area (Å²) in [7, 11) is 0. The minimum absolute atomic E-state index is 0.139. The van der Waals surface area contributed by atoms with Crippen LogP contribution in [0.15, 0.2) is 18.2 Å². The van der Waals surface area contributed by atoms with Gasteiger partial charge in [0.25, 0.3) is 0 Å². The summed E-state index contributed by atoms with van der Waals surface area (Å²) in [6.45, 7) is 4.25. The van der Waals surface area contributed by atoms with Crippen LogP contribution in [0.4, 0.5) is 0 Å². The number of hydrogen-bond acceptors (Lipinski definition) is 12. The van der Waals surface area contributed by atoms with Crippen molar-refractivity contribution in [3.05, 3.63) is 34.9 Å². The van der Waals surface area contributed by atoms with Crippen molar-refractivity contribution < 1.29 is 60.3 Å². The van der Waals surface area contributed by atoms with Gasteiger partial charge in [-0.25, -0.2) is 14.4 Å². The van der Waals surface area contributed by atoms with Crippen molar-refractivity contribution in [2.75, 3.05) is 78.9 Å². The van der Waals surface area contributed by atoms with E-state index in [9.17, 15) is 14.4 Å². The molecule has 0 aliphatic carbocycles. The number of hydrogen-bond donors (Lipinski definition) is 12. The predicted molar refractivity (Wildman–Crippen MR) is 128 cm³/mol. The molecule has 0 atom stereocenters. The summed E-state index contributed by atoms with van der Waals surface area (Å²) < 4.78 is 0. The molecule has 15 nitrogen and oxygen atoms in total. The Labute approximate surface area is 208 Å². The van der Waals surface area contributed by atoms with Crippen LogP contribution in [-0.2, 0) is 0 Å². The molecule has 36 heavy (non-hydrogen) atoms. The first-order valence-corrected chi connectivity index (χ1v) is 10.8. The maximum Gasteiger partial charge on any atom is 0.337 e. The number of rotatable bonds is 15. The molecule has 0 amide bonds. The fourth-order valence-electron chi connectivity index (χ4n) is 1.99. The highest BCUT2D eigenvalue weighted by Gasteiger charge is 2.23. The van der Waals surface area contributed by atoms with E-state index >= 15 is 0 Å². The Morgan fingerprint density at radius 1 is 0.500 bits per heavy atom. The molecule has 0 bridgehead atoms. The molecule has 1 aromatic rings. The minimum Gasteiger partial charge on any atom is -0.478 e. The molecule has 0 radical (unpaired) electrons. The molecule has 0 heterocycles. The fraction of sp³-hybridized carbons (Fsp3) is 0.571. The first-order chi connectivity index (χ1) is 17.2. The van der Waals surface area contributed by atoms with Crippen molar-refractivity contribution in [3.8, 4) is 0 Å². The number of benzene rings is 1. The van der Waals surface area contributed by atoms with Crippen molar-refractivity contribution in [2.24, 2.45) is 0 Å². The SMILES string of the molecule is O=C(O)c1cccc(C(=O)O)c1C(=O)O.OCCNCCO.OCCNCCO.OCCNCCO. The third-order valence-corrected chi connectivity index (χ3v) is 3.47. The first kappa shape index (κ1) is 37.8. The van der Waals surface area contributed by atoms with Gasteiger partial charge in [0.15, 0.2) is 0 Å². The van der Waals surface area contributed by atoms with Crippen LogP contribution < -0.4 is 16.0 Å². The largest absolute Gasteiger partial charge is 0.478 e. The highest BCUT2D eigenvalue weighted by atomic mass is 16.4. The second-order valence-corrected chi connectivity index (χ2v) is 6.24. The summed E-state index contributed by atoms with van der Waals surface area (Å²) in [5, 5.41) is 83.3. The van der Waals surface area contributed by atoms with Crippen molar-refractivity contribution in [1.82, 2.24) is 16.0 Å². The van der Waals surface area contributed by atoms with E-state index in [0.717, 1.165) is 12.1 Å². The van der Waals surface area contributed by atoms with Gasteiger partial charge in [-0.1, -0.05) is 6.07 Å². The van der Waals surface area contributed by atoms with E-state index < -0.39 is 34.6 Å². The summed E-state index contributed by atoms with van der Waals surface area (Å²) in [5.41, 5.74) is -1.79. The number of aliphatic hydroxyl groups excluding tert-OH is 6. The smallest absolute Gasteiger partial charge is 0.337 e. The average Bonchev–Trinajstić information content (AvgIpc) is 2.85. The lowest BCUT2D eigenvalue weighted by Gasteiger charge is -2.04. The van der Waals surface area contributed by atoms with Crippen LogP contribution in [0.25, 0.3) is 0 Å². The number of carboxylic acid groups (broad SMARTS) is 3. The quantitative estimate of drug-likeness (QED) is 0.0989. The van der Waals surface area contributed by atoms with Gasteiger partial charge in [-0.3, -0.25) is 0 Å². The number of carbonyl (C=O) groups is 3. The molecule has 1 rings (SSSR count). The maximum absolute atomic E-state index is 10.7. The zero-order chi connectivity index (χ0) is 28.2. The van der Waals surface area contributed by atoms with Crippen molar-refractivity contribution >= 4 is 17.9 Å². The number of nitrogens with one attached hydrogen (secondary N) is 3. The van der Waals surface area contributed by atoms with Crippen molar-refractivity contribution in [2.45, 2.75) is 0 Å². The summed E-state index contributed by atoms with van der Waals surface area (Å²) in [6.07, 6.45) is 0. The Kier molecular flexibility index (Phi) is 29.9. The normalized spacial score (nSPS) is 9.50. The Balaban J connectivity index is -0.000000441. The van der Waals surface area contributed by atoms with Crippen LogP contribution in [0, 0.1) is 0 Å². The Morgan fingerprint density at radius 3 is 0.917 bits per heavy atom. The Morgan fingerprint density at radius 2 is 0.750 bits per heavy atom. The third kappa shape index (κ3) is 23.0. The second kappa shape index (κ2) is 28.5. The van der Waals surface area contributed by atoms with Crippen molar-refractivity contribution in [3.63, 3.8) is 0 Å². The van der Waals surface area contributed by atoms with E-state index in [0.29, 0.717) is 39.3 Å².